The molecular weight excluding hydrogens is 179 g/mol. The van der Waals surface area contributed by atoms with Gasteiger partial charge < -0.3 is 5.73 Å². The number of aryl methyl sites for hydroxylation is 1. The third-order valence-electron chi connectivity index (χ3n) is 1.56. The second kappa shape index (κ2) is 3.79. The zero-order chi connectivity index (χ0) is 11.7. The van der Waals surface area contributed by atoms with Crippen molar-refractivity contribution >= 4 is 0 Å². The summed E-state index contributed by atoms with van der Waals surface area (Å²) < 4.78 is 50.9. The molecule has 1 aromatic rings. The van der Waals surface area contributed by atoms with Crippen molar-refractivity contribution < 1.29 is 15.9 Å². The smallest absolute Gasteiger partial charge is 0.330 e. The van der Waals surface area contributed by atoms with Crippen LogP contribution in [0.5, 0.6) is 0 Å². The lowest BCUT2D eigenvalue weighted by atomic mass is 10.1. The molecule has 0 atom stereocenters. The highest BCUT2D eigenvalue weighted by Crippen LogP contribution is 2.29. The van der Waals surface area contributed by atoms with Crippen molar-refractivity contribution in [2.45, 2.75) is 12.6 Å². The van der Waals surface area contributed by atoms with Crippen molar-refractivity contribution in [2.75, 3.05) is 6.50 Å². The number of rotatable bonds is 2. The zero-order valence-electron chi connectivity index (χ0n) is 8.73. The maximum atomic E-state index is 12.3. The van der Waals surface area contributed by atoms with Gasteiger partial charge in [-0.15, -0.1) is 0 Å². The molecule has 0 saturated heterocycles. The van der Waals surface area contributed by atoms with Gasteiger partial charge in [0.05, 0.1) is 5.56 Å². The topological polar surface area (TPSA) is 26.0 Å². The molecule has 1 rings (SSSR count). The van der Waals surface area contributed by atoms with E-state index in [9.17, 15) is 13.2 Å². The Morgan fingerprint density at radius 2 is 2.08 bits per heavy atom. The van der Waals surface area contributed by atoms with Crippen molar-refractivity contribution in [3.63, 3.8) is 0 Å². The minimum atomic E-state index is -4.41. The summed E-state index contributed by atoms with van der Waals surface area (Å²) in [5.41, 5.74) is 4.52. The van der Waals surface area contributed by atoms with Gasteiger partial charge in [0.2, 0.25) is 0 Å². The number of alkyl halides is 3. The molecule has 0 aliphatic heterocycles. The van der Waals surface area contributed by atoms with E-state index in [-0.39, 0.29) is 12.0 Å². The molecule has 13 heavy (non-hydrogen) atoms. The molecule has 2 N–H and O–H groups in total. The number of benzene rings is 1. The molecule has 0 spiro atoms. The van der Waals surface area contributed by atoms with Gasteiger partial charge in [0.1, 0.15) is 0 Å². The highest BCUT2D eigenvalue weighted by molar-refractivity contribution is 5.25. The molecule has 0 bridgehead atoms. The van der Waals surface area contributed by atoms with Crippen molar-refractivity contribution in [2.24, 2.45) is 5.73 Å². The Morgan fingerprint density at radius 1 is 1.38 bits per heavy atom. The van der Waals surface area contributed by atoms with Crippen LogP contribution in [-0.4, -0.2) is 6.50 Å². The lowest BCUT2D eigenvalue weighted by Crippen LogP contribution is -2.07. The van der Waals surface area contributed by atoms with Crippen LogP contribution >= 0.6 is 0 Å². The fourth-order valence-corrected chi connectivity index (χ4v) is 0.975. The van der Waals surface area contributed by atoms with E-state index in [4.69, 9.17) is 8.48 Å². The molecule has 1 aromatic carbocycles. The lowest BCUT2D eigenvalue weighted by molar-refractivity contribution is -0.137. The summed E-state index contributed by atoms with van der Waals surface area (Å²) in [6, 6.07) is 4.50. The van der Waals surface area contributed by atoms with E-state index in [0.717, 1.165) is 12.1 Å². The Bertz CT molecular complexity index is 344. The largest absolute Gasteiger partial charge is 0.416 e. The second-order valence-corrected chi connectivity index (χ2v) is 2.58. The molecule has 0 aromatic heterocycles. The van der Waals surface area contributed by atoms with Gasteiger partial charge in [-0.25, -0.2) is 0 Å². The first-order valence-corrected chi connectivity index (χ1v) is 3.63. The minimum absolute atomic E-state index is 0.234. The third-order valence-corrected chi connectivity index (χ3v) is 1.56. The van der Waals surface area contributed by atoms with Crippen LogP contribution in [0.4, 0.5) is 13.2 Å². The van der Waals surface area contributed by atoms with Gasteiger partial charge in [0, 0.05) is 2.74 Å². The highest BCUT2D eigenvalue weighted by atomic mass is 19.4. The minimum Gasteiger partial charge on any atom is -0.330 e. The van der Waals surface area contributed by atoms with Crippen LogP contribution in [0.2, 0.25) is 0 Å². The van der Waals surface area contributed by atoms with Crippen LogP contribution < -0.4 is 5.73 Å². The van der Waals surface area contributed by atoms with E-state index >= 15 is 0 Å². The van der Waals surface area contributed by atoms with Crippen LogP contribution in [0.15, 0.2) is 24.3 Å². The Hall–Kier alpha value is -1.03. The van der Waals surface area contributed by atoms with Gasteiger partial charge in [-0.1, -0.05) is 18.2 Å². The van der Waals surface area contributed by atoms with Gasteiger partial charge >= 0.3 is 6.18 Å². The van der Waals surface area contributed by atoms with E-state index in [0.29, 0.717) is 0 Å². The summed E-state index contributed by atoms with van der Waals surface area (Å²) in [6.45, 7) is -2.00. The first-order valence-electron chi connectivity index (χ1n) is 4.63. The molecular formula is C9H10F3N. The quantitative estimate of drug-likeness (QED) is 0.762. The van der Waals surface area contributed by atoms with Crippen molar-refractivity contribution in [1.82, 2.24) is 0 Å². The zero-order valence-corrected chi connectivity index (χ0v) is 6.73. The standard InChI is InChI=1S/C9H10F3N/c10-9(11,12)8-3-1-2-7(6-8)4-5-13/h1-3,6H,4-5,13H2/i5D2. The SMILES string of the molecule is [2H]C([2H])(N)Cc1cccc(C(F)(F)F)c1. The number of hydrogen-bond acceptors (Lipinski definition) is 1. The number of nitrogens with two attached hydrogens (primary N) is 1. The summed E-state index contributed by atoms with van der Waals surface area (Å²) in [7, 11) is 0. The van der Waals surface area contributed by atoms with Crippen LogP contribution in [0.1, 0.15) is 13.9 Å². The first-order chi connectivity index (χ1) is 6.68. The highest BCUT2D eigenvalue weighted by Gasteiger charge is 2.30. The molecule has 72 valence electrons. The van der Waals surface area contributed by atoms with Crippen molar-refractivity contribution in [3.05, 3.63) is 35.4 Å². The maximum absolute atomic E-state index is 12.3. The number of hydrogen-bond donors (Lipinski definition) is 1. The fourth-order valence-electron chi connectivity index (χ4n) is 0.975. The Balaban J connectivity index is 2.94. The molecule has 0 fully saturated rings. The average Bonchev–Trinajstić information content (AvgIpc) is 1.99. The van der Waals surface area contributed by atoms with Gasteiger partial charge in [0.15, 0.2) is 0 Å². The molecule has 0 radical (unpaired) electrons. The van der Waals surface area contributed by atoms with E-state index in [1.807, 2.05) is 0 Å². The molecule has 0 aliphatic carbocycles. The molecule has 0 unspecified atom stereocenters. The van der Waals surface area contributed by atoms with Crippen LogP contribution in [0.3, 0.4) is 0 Å². The Labute approximate surface area is 77.2 Å². The van der Waals surface area contributed by atoms with Crippen molar-refractivity contribution in [3.8, 4) is 0 Å². The van der Waals surface area contributed by atoms with Gasteiger partial charge in [-0.05, 0) is 24.5 Å². The Kier molecular flexibility index (Phi) is 2.15. The molecule has 4 heteroatoms. The van der Waals surface area contributed by atoms with Crippen molar-refractivity contribution in [1.29, 1.82) is 0 Å². The third kappa shape index (κ3) is 2.73. The van der Waals surface area contributed by atoms with E-state index in [2.05, 4.69) is 0 Å². The molecule has 0 aliphatic rings. The summed E-state index contributed by atoms with van der Waals surface area (Å²) in [5, 5.41) is 0. The summed E-state index contributed by atoms with van der Waals surface area (Å²) in [6.07, 6.45) is -4.64. The second-order valence-electron chi connectivity index (χ2n) is 2.58. The average molecular weight is 191 g/mol. The fraction of sp³-hybridized carbons (Fsp3) is 0.333. The first kappa shape index (κ1) is 7.38. The summed E-state index contributed by atoms with van der Waals surface area (Å²) >= 11 is 0. The van der Waals surface area contributed by atoms with E-state index in [1.54, 1.807) is 0 Å². The monoisotopic (exact) mass is 191 g/mol. The Morgan fingerprint density at radius 3 is 2.62 bits per heavy atom. The molecule has 0 saturated carbocycles. The summed E-state index contributed by atoms with van der Waals surface area (Å²) in [5.74, 6) is 0. The van der Waals surface area contributed by atoms with Crippen LogP contribution in [0, 0.1) is 0 Å². The predicted octanol–water partition coefficient (Wildman–Crippen LogP) is 2.21. The van der Waals surface area contributed by atoms with E-state index < -0.39 is 18.2 Å². The van der Waals surface area contributed by atoms with Gasteiger partial charge in [-0.3, -0.25) is 0 Å². The molecule has 0 heterocycles. The number of halogens is 3. The van der Waals surface area contributed by atoms with Crippen LogP contribution in [-0.2, 0) is 12.6 Å². The maximum Gasteiger partial charge on any atom is 0.416 e. The van der Waals surface area contributed by atoms with Gasteiger partial charge in [-0.2, -0.15) is 13.2 Å². The normalized spacial score (nSPS) is 15.1. The van der Waals surface area contributed by atoms with E-state index in [1.165, 1.54) is 12.1 Å². The molecule has 0 amide bonds. The van der Waals surface area contributed by atoms with Gasteiger partial charge in [0.25, 0.3) is 0 Å². The lowest BCUT2D eigenvalue weighted by Gasteiger charge is -2.07. The molecule has 1 nitrogen and oxygen atoms in total. The predicted molar refractivity (Wildman–Crippen MR) is 44.2 cm³/mol. The van der Waals surface area contributed by atoms with Crippen LogP contribution in [0.25, 0.3) is 0 Å². The summed E-state index contributed by atoms with van der Waals surface area (Å²) in [4.78, 5) is 0.